The van der Waals surface area contributed by atoms with E-state index in [0.717, 1.165) is 18.4 Å². The van der Waals surface area contributed by atoms with E-state index >= 15 is 0 Å². The van der Waals surface area contributed by atoms with Gasteiger partial charge in [0.1, 0.15) is 11.4 Å². The number of nitrogens with zero attached hydrogens (tertiary/aromatic N) is 5. The molecule has 0 spiro atoms. The zero-order valence-electron chi connectivity index (χ0n) is 19.6. The number of benzene rings is 1. The minimum absolute atomic E-state index is 0.0120. The van der Waals surface area contributed by atoms with Gasteiger partial charge in [0.05, 0.1) is 22.2 Å². The molecule has 1 aliphatic rings. The van der Waals surface area contributed by atoms with Crippen LogP contribution in [0.25, 0.3) is 0 Å². The molecule has 1 aromatic carbocycles. The molecule has 0 aliphatic heterocycles. The topological polar surface area (TPSA) is 108 Å². The molecule has 0 saturated heterocycles. The molecule has 0 bridgehead atoms. The van der Waals surface area contributed by atoms with Gasteiger partial charge in [0, 0.05) is 24.6 Å². The van der Waals surface area contributed by atoms with Gasteiger partial charge < -0.3 is 5.32 Å². The molecule has 9 nitrogen and oxygen atoms in total. The maximum Gasteiger partial charge on any atom is 0.436 e. The second kappa shape index (κ2) is 9.92. The monoisotopic (exact) mass is 524 g/mol. The van der Waals surface area contributed by atoms with E-state index in [0.29, 0.717) is 29.1 Å². The maximum absolute atomic E-state index is 13.2. The number of alkyl halides is 3. The van der Waals surface area contributed by atoms with Crippen molar-refractivity contribution in [2.75, 3.05) is 6.54 Å². The number of nitrogens with one attached hydrogen (secondary N) is 1. The SMILES string of the molecule is Cc1nn(Cc2cccc(C(=O)NCCCn3nc(C(F)(F)F)c(Cl)c3C3CC3)c2)c(C)c1[N+](=O)[O-]. The number of aromatic nitrogens is 4. The second-order valence-electron chi connectivity index (χ2n) is 8.79. The number of halogens is 4. The van der Waals surface area contributed by atoms with Gasteiger partial charge in [-0.1, -0.05) is 23.7 Å². The lowest BCUT2D eigenvalue weighted by atomic mass is 10.1. The maximum atomic E-state index is 13.2. The van der Waals surface area contributed by atoms with Gasteiger partial charge in [-0.05, 0) is 50.8 Å². The highest BCUT2D eigenvalue weighted by Crippen LogP contribution is 2.46. The summed E-state index contributed by atoms with van der Waals surface area (Å²) in [7, 11) is 0. The second-order valence-corrected chi connectivity index (χ2v) is 9.16. The van der Waals surface area contributed by atoms with Crippen LogP contribution < -0.4 is 5.32 Å². The van der Waals surface area contributed by atoms with Crippen LogP contribution in [-0.4, -0.2) is 36.9 Å². The highest BCUT2D eigenvalue weighted by atomic mass is 35.5. The molecule has 0 radical (unpaired) electrons. The Morgan fingerprint density at radius 1 is 1.25 bits per heavy atom. The predicted molar refractivity (Wildman–Crippen MR) is 125 cm³/mol. The highest BCUT2D eigenvalue weighted by molar-refractivity contribution is 6.32. The summed E-state index contributed by atoms with van der Waals surface area (Å²) < 4.78 is 42.4. The molecule has 1 fully saturated rings. The van der Waals surface area contributed by atoms with E-state index < -0.39 is 16.8 Å². The van der Waals surface area contributed by atoms with Gasteiger partial charge >= 0.3 is 11.9 Å². The average Bonchev–Trinajstić information content (AvgIpc) is 3.51. The summed E-state index contributed by atoms with van der Waals surface area (Å²) in [6.45, 7) is 3.87. The largest absolute Gasteiger partial charge is 0.436 e. The van der Waals surface area contributed by atoms with Crippen LogP contribution in [0.15, 0.2) is 24.3 Å². The lowest BCUT2D eigenvalue weighted by Crippen LogP contribution is -2.25. The fraction of sp³-hybridized carbons (Fsp3) is 0.435. The number of hydrogen-bond donors (Lipinski definition) is 1. The minimum atomic E-state index is -4.62. The fourth-order valence-corrected chi connectivity index (χ4v) is 4.57. The summed E-state index contributed by atoms with van der Waals surface area (Å²) >= 11 is 5.99. The summed E-state index contributed by atoms with van der Waals surface area (Å²) in [5.74, 6) is -0.352. The van der Waals surface area contributed by atoms with E-state index in [-0.39, 0.29) is 42.2 Å². The van der Waals surface area contributed by atoms with Crippen molar-refractivity contribution >= 4 is 23.2 Å². The number of carbonyl (C=O) groups excluding carboxylic acids is 1. The first-order valence-corrected chi connectivity index (χ1v) is 11.7. The number of amides is 1. The molecule has 36 heavy (non-hydrogen) atoms. The Hall–Kier alpha value is -3.41. The number of rotatable bonds is 9. The van der Waals surface area contributed by atoms with E-state index in [1.807, 2.05) is 0 Å². The van der Waals surface area contributed by atoms with Crippen molar-refractivity contribution in [2.45, 2.75) is 58.3 Å². The molecule has 4 rings (SSSR count). The Kier molecular flexibility index (Phi) is 7.07. The Bertz CT molecular complexity index is 1310. The van der Waals surface area contributed by atoms with Crippen LogP contribution in [0.2, 0.25) is 5.02 Å². The van der Waals surface area contributed by atoms with Crippen LogP contribution in [0.5, 0.6) is 0 Å². The number of nitro groups is 1. The molecule has 2 heterocycles. The highest BCUT2D eigenvalue weighted by Gasteiger charge is 2.41. The van der Waals surface area contributed by atoms with Crippen LogP contribution in [0, 0.1) is 24.0 Å². The van der Waals surface area contributed by atoms with E-state index in [1.165, 1.54) is 9.36 Å². The van der Waals surface area contributed by atoms with Crippen molar-refractivity contribution in [1.82, 2.24) is 24.9 Å². The van der Waals surface area contributed by atoms with Crippen LogP contribution in [0.4, 0.5) is 18.9 Å². The summed E-state index contributed by atoms with van der Waals surface area (Å²) in [5, 5.41) is 21.6. The summed E-state index contributed by atoms with van der Waals surface area (Å²) in [4.78, 5) is 23.4. The van der Waals surface area contributed by atoms with E-state index in [2.05, 4.69) is 15.5 Å². The molecule has 13 heteroatoms. The first-order chi connectivity index (χ1) is 17.0. The normalized spacial score (nSPS) is 13.7. The van der Waals surface area contributed by atoms with Crippen LogP contribution in [0.1, 0.15) is 63.9 Å². The van der Waals surface area contributed by atoms with Crippen molar-refractivity contribution in [3.05, 3.63) is 73.3 Å². The van der Waals surface area contributed by atoms with Crippen LogP contribution >= 0.6 is 11.6 Å². The third-order valence-corrected chi connectivity index (χ3v) is 6.42. The molecule has 1 amide bonds. The van der Waals surface area contributed by atoms with Gasteiger partial charge in [-0.2, -0.15) is 23.4 Å². The third kappa shape index (κ3) is 5.38. The van der Waals surface area contributed by atoms with Gasteiger partial charge in [0.2, 0.25) is 0 Å². The van der Waals surface area contributed by atoms with Gasteiger partial charge in [-0.15, -0.1) is 0 Å². The lowest BCUT2D eigenvalue weighted by Gasteiger charge is -2.09. The van der Waals surface area contributed by atoms with E-state index in [4.69, 9.17) is 11.6 Å². The fourth-order valence-electron chi connectivity index (χ4n) is 4.17. The smallest absolute Gasteiger partial charge is 0.352 e. The van der Waals surface area contributed by atoms with E-state index in [9.17, 15) is 28.1 Å². The molecular formula is C23H24ClF3N6O3. The molecular weight excluding hydrogens is 501 g/mol. The molecule has 1 N–H and O–H groups in total. The quantitative estimate of drug-likeness (QED) is 0.240. The van der Waals surface area contributed by atoms with Gasteiger partial charge in [0.15, 0.2) is 5.69 Å². The zero-order chi connectivity index (χ0) is 26.2. The molecule has 1 saturated carbocycles. The van der Waals surface area contributed by atoms with Crippen molar-refractivity contribution < 1.29 is 22.9 Å². The number of carbonyl (C=O) groups is 1. The van der Waals surface area contributed by atoms with Gasteiger partial charge in [-0.25, -0.2) is 0 Å². The predicted octanol–water partition coefficient (Wildman–Crippen LogP) is 5.02. The van der Waals surface area contributed by atoms with Crippen molar-refractivity contribution in [1.29, 1.82) is 0 Å². The number of hydrogen-bond acceptors (Lipinski definition) is 5. The van der Waals surface area contributed by atoms with Gasteiger partial charge in [0.25, 0.3) is 5.91 Å². The Morgan fingerprint density at radius 2 is 1.97 bits per heavy atom. The molecule has 0 unspecified atom stereocenters. The Balaban J connectivity index is 1.36. The third-order valence-electron chi connectivity index (χ3n) is 6.04. The summed E-state index contributed by atoms with van der Waals surface area (Å²) in [6, 6.07) is 6.80. The van der Waals surface area contributed by atoms with Gasteiger partial charge in [-0.3, -0.25) is 24.3 Å². The first-order valence-electron chi connectivity index (χ1n) is 11.4. The molecule has 3 aromatic rings. The summed E-state index contributed by atoms with van der Waals surface area (Å²) in [6.07, 6.45) is -2.69. The lowest BCUT2D eigenvalue weighted by molar-refractivity contribution is -0.386. The Morgan fingerprint density at radius 3 is 2.58 bits per heavy atom. The Labute approximate surface area is 209 Å². The first kappa shape index (κ1) is 25.7. The van der Waals surface area contributed by atoms with Crippen LogP contribution in [0.3, 0.4) is 0 Å². The van der Waals surface area contributed by atoms with Crippen molar-refractivity contribution in [3.8, 4) is 0 Å². The minimum Gasteiger partial charge on any atom is -0.352 e. The molecule has 2 aromatic heterocycles. The van der Waals surface area contributed by atoms with Crippen molar-refractivity contribution in [2.24, 2.45) is 0 Å². The molecule has 192 valence electrons. The number of aryl methyl sites for hydroxylation is 2. The summed E-state index contributed by atoms with van der Waals surface area (Å²) in [5.41, 5.74) is 1.18. The zero-order valence-corrected chi connectivity index (χ0v) is 20.4. The average molecular weight is 525 g/mol. The molecule has 0 atom stereocenters. The van der Waals surface area contributed by atoms with E-state index in [1.54, 1.807) is 38.1 Å². The molecule has 1 aliphatic carbocycles. The standard InChI is InChI=1S/C23H24ClF3N6O3/c1-13-19(33(35)36)14(2)32(29-13)12-15-5-3-6-17(11-15)22(34)28-9-4-10-31-20(16-7-8-16)18(24)21(30-31)23(25,26)27/h3,5-6,11,16H,4,7-10,12H2,1-2H3,(H,28,34). The van der Waals surface area contributed by atoms with Crippen LogP contribution in [-0.2, 0) is 19.3 Å². The van der Waals surface area contributed by atoms with Crippen molar-refractivity contribution in [3.63, 3.8) is 0 Å².